The van der Waals surface area contributed by atoms with Crippen LogP contribution in [-0.4, -0.2) is 27.0 Å². The topological polar surface area (TPSA) is 55.6 Å². The van der Waals surface area contributed by atoms with Crippen molar-refractivity contribution in [1.29, 1.82) is 0 Å². The number of rotatable bonds is 3. The van der Waals surface area contributed by atoms with Gasteiger partial charge in [0.15, 0.2) is 5.15 Å². The standard InChI is InChI=1S/C14H12ClN5/c1-3-9-11(16-2)8-17-14(15)13(9)20-12-7-5-4-6-10(12)18-19-20/h3-8,16H,1H2,2H3. The van der Waals surface area contributed by atoms with Gasteiger partial charge in [0.05, 0.1) is 17.4 Å². The third-order valence-corrected chi connectivity index (χ3v) is 3.36. The number of aromatic nitrogens is 4. The molecule has 2 aromatic heterocycles. The number of nitrogens with zero attached hydrogens (tertiary/aromatic N) is 4. The van der Waals surface area contributed by atoms with Crippen molar-refractivity contribution in [3.05, 3.63) is 47.8 Å². The zero-order valence-electron chi connectivity index (χ0n) is 10.8. The minimum Gasteiger partial charge on any atom is -0.386 e. The zero-order chi connectivity index (χ0) is 14.1. The Morgan fingerprint density at radius 3 is 2.90 bits per heavy atom. The highest BCUT2D eigenvalue weighted by Gasteiger charge is 2.16. The Morgan fingerprint density at radius 1 is 1.35 bits per heavy atom. The number of benzene rings is 1. The summed E-state index contributed by atoms with van der Waals surface area (Å²) in [6.07, 6.45) is 3.40. The number of nitrogens with one attached hydrogen (secondary N) is 1. The molecule has 1 N–H and O–H groups in total. The van der Waals surface area contributed by atoms with Crippen LogP contribution < -0.4 is 5.32 Å². The Morgan fingerprint density at radius 2 is 2.15 bits per heavy atom. The molecule has 0 aliphatic heterocycles. The molecule has 0 saturated heterocycles. The number of halogens is 1. The predicted molar refractivity (Wildman–Crippen MR) is 81.3 cm³/mol. The number of pyridine rings is 1. The second kappa shape index (κ2) is 4.94. The number of fused-ring (bicyclic) bond motifs is 1. The van der Waals surface area contributed by atoms with Gasteiger partial charge in [-0.15, -0.1) is 5.10 Å². The van der Waals surface area contributed by atoms with E-state index in [-0.39, 0.29) is 0 Å². The van der Waals surface area contributed by atoms with Crippen molar-refractivity contribution < 1.29 is 0 Å². The molecule has 0 bridgehead atoms. The van der Waals surface area contributed by atoms with Crippen LogP contribution in [-0.2, 0) is 0 Å². The van der Waals surface area contributed by atoms with Crippen molar-refractivity contribution >= 4 is 34.4 Å². The highest BCUT2D eigenvalue weighted by molar-refractivity contribution is 6.31. The van der Waals surface area contributed by atoms with E-state index in [2.05, 4.69) is 27.2 Å². The second-order valence-corrected chi connectivity index (χ2v) is 4.53. The van der Waals surface area contributed by atoms with Crippen molar-refractivity contribution in [2.45, 2.75) is 0 Å². The van der Waals surface area contributed by atoms with Gasteiger partial charge in [-0.1, -0.05) is 41.6 Å². The SMILES string of the molecule is C=Cc1c(NC)cnc(Cl)c1-n1nnc2ccccc21. The maximum Gasteiger partial charge on any atom is 0.155 e. The van der Waals surface area contributed by atoms with Gasteiger partial charge >= 0.3 is 0 Å². The van der Waals surface area contributed by atoms with Gasteiger partial charge in [0, 0.05) is 12.6 Å². The van der Waals surface area contributed by atoms with E-state index >= 15 is 0 Å². The smallest absolute Gasteiger partial charge is 0.155 e. The van der Waals surface area contributed by atoms with Gasteiger partial charge in [-0.25, -0.2) is 9.67 Å². The van der Waals surface area contributed by atoms with Gasteiger partial charge in [-0.3, -0.25) is 0 Å². The maximum atomic E-state index is 6.25. The van der Waals surface area contributed by atoms with Crippen LogP contribution in [0.5, 0.6) is 0 Å². The molecule has 0 atom stereocenters. The van der Waals surface area contributed by atoms with Gasteiger partial charge in [0.2, 0.25) is 0 Å². The van der Waals surface area contributed by atoms with Crippen LogP contribution in [0.4, 0.5) is 5.69 Å². The summed E-state index contributed by atoms with van der Waals surface area (Å²) in [5.74, 6) is 0. The largest absolute Gasteiger partial charge is 0.386 e. The lowest BCUT2D eigenvalue weighted by Gasteiger charge is -2.12. The quantitative estimate of drug-likeness (QED) is 0.751. The van der Waals surface area contributed by atoms with Crippen molar-refractivity contribution in [2.24, 2.45) is 0 Å². The van der Waals surface area contributed by atoms with Crippen LogP contribution in [0.25, 0.3) is 22.8 Å². The van der Waals surface area contributed by atoms with Gasteiger partial charge in [-0.05, 0) is 12.1 Å². The number of hydrogen-bond acceptors (Lipinski definition) is 4. The molecular weight excluding hydrogens is 274 g/mol. The summed E-state index contributed by atoms with van der Waals surface area (Å²) in [7, 11) is 1.82. The Balaban J connectivity index is 2.36. The average Bonchev–Trinajstić information content (AvgIpc) is 2.90. The monoisotopic (exact) mass is 285 g/mol. The molecule has 6 heteroatoms. The highest BCUT2D eigenvalue weighted by atomic mass is 35.5. The second-order valence-electron chi connectivity index (χ2n) is 4.17. The van der Waals surface area contributed by atoms with Crippen LogP contribution in [0.1, 0.15) is 5.56 Å². The average molecular weight is 286 g/mol. The van der Waals surface area contributed by atoms with Crippen molar-refractivity contribution in [3.8, 4) is 5.69 Å². The molecule has 0 spiro atoms. The molecule has 0 aliphatic rings. The van der Waals surface area contributed by atoms with E-state index in [9.17, 15) is 0 Å². The first-order valence-corrected chi connectivity index (χ1v) is 6.43. The fraction of sp³-hybridized carbons (Fsp3) is 0.0714. The molecule has 0 unspecified atom stereocenters. The molecule has 100 valence electrons. The van der Waals surface area contributed by atoms with E-state index in [0.717, 1.165) is 22.3 Å². The lowest BCUT2D eigenvalue weighted by molar-refractivity contribution is 0.819. The third-order valence-electron chi connectivity index (χ3n) is 3.08. The molecule has 0 radical (unpaired) electrons. The Kier molecular flexibility index (Phi) is 3.12. The molecular formula is C14H12ClN5. The lowest BCUT2D eigenvalue weighted by Crippen LogP contribution is -2.05. The summed E-state index contributed by atoms with van der Waals surface area (Å²) in [6.45, 7) is 3.84. The lowest BCUT2D eigenvalue weighted by atomic mass is 10.2. The summed E-state index contributed by atoms with van der Waals surface area (Å²) in [5.41, 5.74) is 4.00. The first-order chi connectivity index (χ1) is 9.76. The minimum atomic E-state index is 0.356. The van der Waals surface area contributed by atoms with Crippen LogP contribution in [0.3, 0.4) is 0 Å². The van der Waals surface area contributed by atoms with Gasteiger partial charge < -0.3 is 5.32 Å². The summed E-state index contributed by atoms with van der Waals surface area (Å²) in [5, 5.41) is 11.7. The van der Waals surface area contributed by atoms with Gasteiger partial charge in [0.25, 0.3) is 0 Å². The first kappa shape index (κ1) is 12.6. The van der Waals surface area contributed by atoms with E-state index in [1.807, 2.05) is 31.3 Å². The molecule has 2 heterocycles. The molecule has 0 aliphatic carbocycles. The summed E-state index contributed by atoms with van der Waals surface area (Å²) in [6, 6.07) is 7.68. The molecule has 3 aromatic rings. The molecule has 0 fully saturated rings. The van der Waals surface area contributed by atoms with Crippen molar-refractivity contribution in [3.63, 3.8) is 0 Å². The minimum absolute atomic E-state index is 0.356. The Labute approximate surface area is 120 Å². The molecule has 3 rings (SSSR count). The van der Waals surface area contributed by atoms with E-state index in [0.29, 0.717) is 10.8 Å². The first-order valence-electron chi connectivity index (χ1n) is 6.05. The van der Waals surface area contributed by atoms with Crippen LogP contribution in [0.15, 0.2) is 37.0 Å². The fourth-order valence-electron chi connectivity index (χ4n) is 2.13. The van der Waals surface area contributed by atoms with E-state index in [1.165, 1.54) is 0 Å². The third kappa shape index (κ3) is 1.83. The number of hydrogen-bond donors (Lipinski definition) is 1. The Bertz CT molecular complexity index is 793. The van der Waals surface area contributed by atoms with E-state index < -0.39 is 0 Å². The van der Waals surface area contributed by atoms with Crippen LogP contribution in [0, 0.1) is 0 Å². The number of anilines is 1. The van der Waals surface area contributed by atoms with Crippen molar-refractivity contribution in [2.75, 3.05) is 12.4 Å². The van der Waals surface area contributed by atoms with Crippen LogP contribution >= 0.6 is 11.6 Å². The fourth-order valence-corrected chi connectivity index (χ4v) is 2.36. The highest BCUT2D eigenvalue weighted by Crippen LogP contribution is 2.30. The normalized spacial score (nSPS) is 10.7. The van der Waals surface area contributed by atoms with Gasteiger partial charge in [-0.2, -0.15) is 0 Å². The molecule has 5 nitrogen and oxygen atoms in total. The summed E-state index contributed by atoms with van der Waals surface area (Å²) >= 11 is 6.25. The van der Waals surface area contributed by atoms with E-state index in [4.69, 9.17) is 11.6 Å². The van der Waals surface area contributed by atoms with E-state index in [1.54, 1.807) is 17.0 Å². The summed E-state index contributed by atoms with van der Waals surface area (Å²) < 4.78 is 1.68. The Hall–Kier alpha value is -2.40. The van der Waals surface area contributed by atoms with Crippen molar-refractivity contribution in [1.82, 2.24) is 20.0 Å². The summed E-state index contributed by atoms with van der Waals surface area (Å²) in [4.78, 5) is 4.19. The molecule has 0 saturated carbocycles. The molecule has 0 amide bonds. The van der Waals surface area contributed by atoms with Crippen LogP contribution in [0.2, 0.25) is 5.15 Å². The van der Waals surface area contributed by atoms with Gasteiger partial charge in [0.1, 0.15) is 11.2 Å². The molecule has 1 aromatic carbocycles. The maximum absolute atomic E-state index is 6.25. The zero-order valence-corrected chi connectivity index (χ0v) is 11.6. The predicted octanol–water partition coefficient (Wildman–Crippen LogP) is 3.15. The molecule has 20 heavy (non-hydrogen) atoms. The number of para-hydroxylation sites is 1.